The van der Waals surface area contributed by atoms with Crippen molar-refractivity contribution in [3.63, 3.8) is 0 Å². The minimum absolute atomic E-state index is 0.491. The van der Waals surface area contributed by atoms with E-state index < -0.39 is 10.8 Å². The molecule has 0 aliphatic heterocycles. The molecule has 26 rings (SSSR count). The standard InChI is InChI=1S/2C58H35N3OS/c1-2-12-38(13-3-1)55-59-56(61-57(60-55)40-28-32-46-45-16-6-10-20-51(45)62-52(46)34-40)39-24-22-36(23-25-39)37-26-29-41(30-27-37)58(49-18-8-4-14-43(49)44-15-5-9-19-50(44)58)42-31-33-54-48(35-42)47-17-7-11-21-53(47)63-54;1-2-12-36(13-3-1)37-22-24-38(25-23-37)55-59-56(61-57(60-55)40-28-32-52-47(34-40)45-16-6-10-20-51(45)62-52)39-26-29-41(30-27-39)58(49-18-8-4-14-43(49)44-15-5-9-19-50(44)58)42-31-33-54-48(35-42)46-17-7-11-21-53(46)63-54/h2*1-35H. The third kappa shape index (κ3) is 11.8. The van der Waals surface area contributed by atoms with Crippen LogP contribution in [0.5, 0.6) is 0 Å². The predicted octanol–water partition coefficient (Wildman–Crippen LogP) is 30.3. The van der Waals surface area contributed by atoms with Gasteiger partial charge in [0.15, 0.2) is 34.9 Å². The molecule has 2 aliphatic carbocycles. The van der Waals surface area contributed by atoms with E-state index in [4.69, 9.17) is 38.7 Å². The van der Waals surface area contributed by atoms with Crippen LogP contribution >= 0.6 is 22.7 Å². The van der Waals surface area contributed by atoms with Gasteiger partial charge in [0.25, 0.3) is 0 Å². The van der Waals surface area contributed by atoms with Crippen molar-refractivity contribution in [2.45, 2.75) is 10.8 Å². The van der Waals surface area contributed by atoms with E-state index in [1.165, 1.54) is 107 Å². The van der Waals surface area contributed by atoms with Crippen LogP contribution in [0.4, 0.5) is 0 Å². The molecule has 0 N–H and O–H groups in total. The summed E-state index contributed by atoms with van der Waals surface area (Å²) in [5.74, 6) is 3.65. The zero-order chi connectivity index (χ0) is 83.0. The first-order valence-electron chi connectivity index (χ1n) is 42.5. The maximum Gasteiger partial charge on any atom is 0.164 e. The van der Waals surface area contributed by atoms with Crippen molar-refractivity contribution in [1.82, 2.24) is 29.9 Å². The van der Waals surface area contributed by atoms with E-state index in [1.807, 2.05) is 114 Å². The Morgan fingerprint density at radius 2 is 0.444 bits per heavy atom. The molecule has 0 unspecified atom stereocenters. The van der Waals surface area contributed by atoms with Crippen molar-refractivity contribution >= 4 is 107 Å². The molecular weight excluding hydrogens is 1570 g/mol. The maximum atomic E-state index is 6.25. The lowest BCUT2D eigenvalue weighted by Crippen LogP contribution is -2.28. The van der Waals surface area contributed by atoms with Crippen LogP contribution in [0.2, 0.25) is 0 Å². The van der Waals surface area contributed by atoms with Gasteiger partial charge < -0.3 is 8.83 Å². The smallest absolute Gasteiger partial charge is 0.164 e. The van der Waals surface area contributed by atoms with Crippen LogP contribution in [0.3, 0.4) is 0 Å². The van der Waals surface area contributed by atoms with Crippen molar-refractivity contribution in [2.24, 2.45) is 0 Å². The fourth-order valence-electron chi connectivity index (χ4n) is 19.8. The van der Waals surface area contributed by atoms with Crippen molar-refractivity contribution in [2.75, 3.05) is 0 Å². The van der Waals surface area contributed by atoms with Crippen LogP contribution < -0.4 is 0 Å². The Morgan fingerprint density at radius 3 is 0.897 bits per heavy atom. The van der Waals surface area contributed by atoms with E-state index >= 15 is 0 Å². The highest BCUT2D eigenvalue weighted by Crippen LogP contribution is 2.59. The minimum atomic E-state index is -0.554. The highest BCUT2D eigenvalue weighted by atomic mass is 32.1. The fourth-order valence-corrected chi connectivity index (χ4v) is 22.0. The zero-order valence-electron chi connectivity index (χ0n) is 67.7. The van der Waals surface area contributed by atoms with Gasteiger partial charge in [0.2, 0.25) is 0 Å². The van der Waals surface area contributed by atoms with Gasteiger partial charge in [-0.15, -0.1) is 22.7 Å². The predicted molar refractivity (Wildman–Crippen MR) is 518 cm³/mol. The molecule has 18 aromatic carbocycles. The Labute approximate surface area is 733 Å². The van der Waals surface area contributed by atoms with Crippen molar-refractivity contribution in [3.8, 4) is 113 Å². The summed E-state index contributed by atoms with van der Waals surface area (Å²) in [5, 5.41) is 9.44. The van der Waals surface area contributed by atoms with E-state index in [2.05, 4.69) is 334 Å². The lowest BCUT2D eigenvalue weighted by molar-refractivity contribution is 0.668. The molecule has 8 nitrogen and oxygen atoms in total. The molecule has 10 heteroatoms. The van der Waals surface area contributed by atoms with Crippen LogP contribution in [0.1, 0.15) is 44.5 Å². The molecule has 0 spiro atoms. The summed E-state index contributed by atoms with van der Waals surface area (Å²) < 4.78 is 17.7. The molecule has 0 saturated carbocycles. The quantitative estimate of drug-likeness (QED) is 0.119. The van der Waals surface area contributed by atoms with Gasteiger partial charge in [-0.05, 0) is 168 Å². The summed E-state index contributed by atoms with van der Waals surface area (Å²) in [6, 6.07) is 152. The van der Waals surface area contributed by atoms with E-state index in [-0.39, 0.29) is 0 Å². The van der Waals surface area contributed by atoms with Gasteiger partial charge in [-0.3, -0.25) is 0 Å². The number of aromatic nitrogens is 6. The van der Waals surface area contributed by atoms with E-state index in [0.717, 1.165) is 99.5 Å². The van der Waals surface area contributed by atoms with E-state index in [1.54, 1.807) is 0 Å². The highest BCUT2D eigenvalue weighted by Gasteiger charge is 2.48. The molecule has 588 valence electrons. The van der Waals surface area contributed by atoms with Gasteiger partial charge in [-0.1, -0.05) is 346 Å². The first-order valence-corrected chi connectivity index (χ1v) is 44.1. The monoisotopic (exact) mass is 1640 g/mol. The Bertz CT molecular complexity index is 8370. The number of fused-ring (bicyclic) bond motifs is 18. The fraction of sp³-hybridized carbons (Fsp3) is 0.0172. The van der Waals surface area contributed by atoms with Gasteiger partial charge in [-0.2, -0.15) is 0 Å². The Balaban J connectivity index is 0.000000137. The molecule has 2 aliphatic rings. The summed E-state index contributed by atoms with van der Waals surface area (Å²) >= 11 is 3.72. The Kier molecular flexibility index (Phi) is 17.0. The molecule has 0 amide bonds. The molecule has 0 bridgehead atoms. The van der Waals surface area contributed by atoms with E-state index in [9.17, 15) is 0 Å². The minimum Gasteiger partial charge on any atom is -0.456 e. The average molecular weight is 1640 g/mol. The Hall–Kier alpha value is -16.0. The molecule has 126 heavy (non-hydrogen) atoms. The largest absolute Gasteiger partial charge is 0.456 e. The lowest BCUT2D eigenvalue weighted by Gasteiger charge is -2.34. The number of rotatable bonds is 12. The van der Waals surface area contributed by atoms with Crippen LogP contribution in [0.25, 0.3) is 197 Å². The topological polar surface area (TPSA) is 104 Å². The molecule has 0 saturated heterocycles. The SMILES string of the molecule is c1ccc(-c2ccc(-c3nc(-c4ccc(C5(c6ccc7sc8ccccc8c7c6)c6ccccc6-c6ccccc65)cc4)nc(-c4ccc5oc6ccccc6c5c4)n3)cc2)cc1.c1ccc(-c2nc(-c3ccc(-c4ccc(C5(c6ccc7sc8ccccc8c7c6)c6ccccc6-c6ccccc65)cc4)cc3)nc(-c3ccc4c(c3)oc3ccccc34)n2)cc1. The molecule has 6 aromatic heterocycles. The molecule has 24 aromatic rings. The second kappa shape index (κ2) is 29.4. The summed E-state index contributed by atoms with van der Waals surface area (Å²) in [5.41, 5.74) is 27.5. The lowest BCUT2D eigenvalue weighted by atomic mass is 9.67. The number of hydrogen-bond donors (Lipinski definition) is 0. The zero-order valence-corrected chi connectivity index (χ0v) is 69.4. The number of thiophene rings is 2. The van der Waals surface area contributed by atoms with Crippen molar-refractivity contribution < 1.29 is 8.83 Å². The number of hydrogen-bond acceptors (Lipinski definition) is 10. The first-order chi connectivity index (χ1) is 62.4. The second-order valence-electron chi connectivity index (χ2n) is 32.6. The van der Waals surface area contributed by atoms with Gasteiger partial charge >= 0.3 is 0 Å². The van der Waals surface area contributed by atoms with Gasteiger partial charge in [0.05, 0.1) is 10.8 Å². The molecule has 6 heterocycles. The third-order valence-electron chi connectivity index (χ3n) is 25.7. The highest BCUT2D eigenvalue weighted by molar-refractivity contribution is 7.26. The van der Waals surface area contributed by atoms with Crippen molar-refractivity contribution in [1.29, 1.82) is 0 Å². The Morgan fingerprint density at radius 1 is 0.167 bits per heavy atom. The number of nitrogens with zero attached hydrogens (tertiary/aromatic N) is 6. The molecule has 0 fully saturated rings. The number of para-hydroxylation sites is 2. The average Bonchev–Trinajstić information content (AvgIpc) is 1.53. The van der Waals surface area contributed by atoms with Gasteiger partial charge in [0.1, 0.15) is 22.3 Å². The van der Waals surface area contributed by atoms with Crippen LogP contribution in [-0.2, 0) is 10.8 Å². The van der Waals surface area contributed by atoms with E-state index in [0.29, 0.717) is 34.9 Å². The summed E-state index contributed by atoms with van der Waals surface area (Å²) in [4.78, 5) is 30.6. The summed E-state index contributed by atoms with van der Waals surface area (Å²) in [7, 11) is 0. The normalized spacial score (nSPS) is 12.9. The number of furan rings is 2. The number of benzene rings is 18. The summed E-state index contributed by atoms with van der Waals surface area (Å²) in [6.07, 6.45) is 0. The van der Waals surface area contributed by atoms with Gasteiger partial charge in [0, 0.05) is 95.3 Å². The second-order valence-corrected chi connectivity index (χ2v) is 34.7. The maximum absolute atomic E-state index is 6.25. The summed E-state index contributed by atoms with van der Waals surface area (Å²) in [6.45, 7) is 0. The third-order valence-corrected chi connectivity index (χ3v) is 28.0. The van der Waals surface area contributed by atoms with Gasteiger partial charge in [-0.25, -0.2) is 29.9 Å². The van der Waals surface area contributed by atoms with Crippen LogP contribution in [0, 0.1) is 0 Å². The molecule has 0 atom stereocenters. The van der Waals surface area contributed by atoms with Crippen molar-refractivity contribution in [3.05, 3.63) is 469 Å². The van der Waals surface area contributed by atoms with Crippen LogP contribution in [0.15, 0.2) is 433 Å². The first kappa shape index (κ1) is 72.8. The molecular formula is C116H70N6O2S2. The van der Waals surface area contributed by atoms with Crippen LogP contribution in [-0.4, -0.2) is 29.9 Å². The molecule has 0 radical (unpaired) electrons.